The van der Waals surface area contributed by atoms with Gasteiger partial charge in [0.1, 0.15) is 5.76 Å². The Balaban J connectivity index is 1.73. The van der Waals surface area contributed by atoms with Crippen molar-refractivity contribution in [1.82, 2.24) is 0 Å². The van der Waals surface area contributed by atoms with Crippen molar-refractivity contribution in [1.29, 1.82) is 0 Å². The van der Waals surface area contributed by atoms with Crippen molar-refractivity contribution >= 4 is 28.8 Å². The number of nitrogens with one attached hydrogen (secondary N) is 1. The minimum atomic E-state index is -0.0363. The topological polar surface area (TPSA) is 38.3 Å². The van der Waals surface area contributed by atoms with E-state index in [4.69, 9.17) is 16.3 Å². The molecule has 0 radical (unpaired) electrons. The number of hydrogen-bond acceptors (Lipinski definition) is 2. The minimum absolute atomic E-state index is 0.0363. The van der Waals surface area contributed by atoms with Gasteiger partial charge < -0.3 is 10.1 Å². The molecule has 0 unspecified atom stereocenters. The van der Waals surface area contributed by atoms with Gasteiger partial charge in [0.2, 0.25) is 0 Å². The zero-order chi connectivity index (χ0) is 17.4. The van der Waals surface area contributed by atoms with Crippen LogP contribution in [0.4, 0.5) is 5.69 Å². The molecule has 1 N–H and O–H groups in total. The maximum Gasteiger partial charge on any atom is 0.256 e. The van der Waals surface area contributed by atoms with Crippen LogP contribution < -0.4 is 5.32 Å². The number of carbonyl (C=O) groups excluding carboxylic acids is 1. The van der Waals surface area contributed by atoms with E-state index in [1.165, 1.54) is 24.0 Å². The molecule has 25 heavy (non-hydrogen) atoms. The van der Waals surface area contributed by atoms with E-state index >= 15 is 0 Å². The highest BCUT2D eigenvalue weighted by molar-refractivity contribution is 6.32. The lowest BCUT2D eigenvalue weighted by molar-refractivity contribution is -0.110. The van der Waals surface area contributed by atoms with Crippen LogP contribution in [0, 0.1) is 0 Å². The molecule has 0 atom stereocenters. The number of rotatable bonds is 4. The number of amides is 1. The molecule has 0 fully saturated rings. The molecule has 0 saturated carbocycles. The molecule has 1 aromatic rings. The third kappa shape index (κ3) is 2.91. The highest BCUT2D eigenvalue weighted by atomic mass is 35.5. The van der Waals surface area contributed by atoms with Crippen molar-refractivity contribution in [3.63, 3.8) is 0 Å². The molecule has 0 bridgehead atoms. The number of halogens is 1. The molecule has 1 aliphatic heterocycles. The summed E-state index contributed by atoms with van der Waals surface area (Å²) in [6.07, 6.45) is 8.46. The van der Waals surface area contributed by atoms with Crippen LogP contribution in [0.2, 0.25) is 0 Å². The summed E-state index contributed by atoms with van der Waals surface area (Å²) in [6, 6.07) is 6.08. The molecule has 0 spiro atoms. The Morgan fingerprint density at radius 2 is 2.12 bits per heavy atom. The van der Waals surface area contributed by atoms with Gasteiger partial charge in [0.25, 0.3) is 5.91 Å². The largest absolute Gasteiger partial charge is 0.496 e. The fourth-order valence-electron chi connectivity index (χ4n) is 4.13. The summed E-state index contributed by atoms with van der Waals surface area (Å²) in [6.45, 7) is 0. The maximum atomic E-state index is 12.5. The van der Waals surface area contributed by atoms with Crippen molar-refractivity contribution in [2.75, 3.05) is 18.3 Å². The Morgan fingerprint density at radius 3 is 2.92 bits per heavy atom. The van der Waals surface area contributed by atoms with Crippen molar-refractivity contribution in [3.05, 3.63) is 57.9 Å². The molecule has 4 heteroatoms. The lowest BCUT2D eigenvalue weighted by atomic mass is 9.93. The van der Waals surface area contributed by atoms with E-state index < -0.39 is 0 Å². The van der Waals surface area contributed by atoms with Gasteiger partial charge in [-0.2, -0.15) is 0 Å². The Morgan fingerprint density at radius 1 is 1.28 bits per heavy atom. The number of fused-ring (bicyclic) bond motifs is 1. The summed E-state index contributed by atoms with van der Waals surface area (Å²) in [5.74, 6) is 1.53. The number of methoxy groups -OCH3 is 1. The number of benzene rings is 1. The fraction of sp³-hybridized carbons (Fsp3) is 0.381. The van der Waals surface area contributed by atoms with Gasteiger partial charge in [-0.25, -0.2) is 0 Å². The predicted octanol–water partition coefficient (Wildman–Crippen LogP) is 4.98. The van der Waals surface area contributed by atoms with Crippen LogP contribution in [0.1, 0.15) is 43.2 Å². The maximum absolute atomic E-state index is 12.5. The Labute approximate surface area is 153 Å². The van der Waals surface area contributed by atoms with Crippen molar-refractivity contribution in [3.8, 4) is 0 Å². The van der Waals surface area contributed by atoms with Crippen molar-refractivity contribution in [2.24, 2.45) is 0 Å². The number of allylic oxidation sites excluding steroid dienone is 4. The first-order valence-electron chi connectivity index (χ1n) is 8.92. The average Bonchev–Trinajstić information content (AvgIpc) is 3.13. The Hall–Kier alpha value is -2.00. The summed E-state index contributed by atoms with van der Waals surface area (Å²) in [4.78, 5) is 12.5. The van der Waals surface area contributed by atoms with Crippen LogP contribution in [0.5, 0.6) is 0 Å². The Kier molecular flexibility index (Phi) is 4.43. The number of ether oxygens (including phenoxy) is 1. The first-order valence-corrected chi connectivity index (χ1v) is 9.45. The molecule has 0 aromatic heterocycles. The first-order chi connectivity index (χ1) is 12.2. The lowest BCUT2D eigenvalue weighted by Gasteiger charge is -2.15. The highest BCUT2D eigenvalue weighted by Crippen LogP contribution is 2.43. The van der Waals surface area contributed by atoms with E-state index in [0.29, 0.717) is 5.88 Å². The monoisotopic (exact) mass is 355 g/mol. The number of alkyl halides is 1. The number of carbonyl (C=O) groups is 1. The first kappa shape index (κ1) is 16.5. The molecule has 3 aliphatic rings. The second-order valence-corrected chi connectivity index (χ2v) is 7.23. The van der Waals surface area contributed by atoms with Gasteiger partial charge in [0.15, 0.2) is 0 Å². The normalized spacial score (nSPS) is 20.9. The zero-order valence-electron chi connectivity index (χ0n) is 14.5. The van der Waals surface area contributed by atoms with Crippen LogP contribution in [-0.4, -0.2) is 18.9 Å². The lowest BCUT2D eigenvalue weighted by Crippen LogP contribution is -2.04. The number of aryl methyl sites for hydroxylation is 1. The smallest absolute Gasteiger partial charge is 0.256 e. The van der Waals surface area contributed by atoms with E-state index in [-0.39, 0.29) is 5.91 Å². The average molecular weight is 356 g/mol. The van der Waals surface area contributed by atoms with Gasteiger partial charge in [0, 0.05) is 22.7 Å². The molecule has 1 heterocycles. The SMILES string of the molecule is COC1=C(C=C2C(=O)Nc3ccc(CCCl)cc32)CC2=C1CCCC2. The summed E-state index contributed by atoms with van der Waals surface area (Å²) in [5, 5.41) is 2.97. The molecular formula is C21H22ClNO2. The molecule has 3 nitrogen and oxygen atoms in total. The molecule has 0 saturated heterocycles. The molecule has 130 valence electrons. The molecule has 1 amide bonds. The van der Waals surface area contributed by atoms with E-state index in [0.717, 1.165) is 59.4 Å². The van der Waals surface area contributed by atoms with Gasteiger partial charge >= 0.3 is 0 Å². The van der Waals surface area contributed by atoms with Gasteiger partial charge in [-0.1, -0.05) is 11.6 Å². The van der Waals surface area contributed by atoms with Crippen LogP contribution in [0.3, 0.4) is 0 Å². The van der Waals surface area contributed by atoms with E-state index in [2.05, 4.69) is 11.4 Å². The van der Waals surface area contributed by atoms with Gasteiger partial charge in [-0.15, -0.1) is 11.6 Å². The van der Waals surface area contributed by atoms with E-state index in [1.807, 2.05) is 18.2 Å². The van der Waals surface area contributed by atoms with Crippen LogP contribution >= 0.6 is 11.6 Å². The second kappa shape index (κ2) is 6.72. The van der Waals surface area contributed by atoms with Gasteiger partial charge in [-0.05, 0) is 73.4 Å². The van der Waals surface area contributed by atoms with E-state index in [9.17, 15) is 4.79 Å². The van der Waals surface area contributed by atoms with Gasteiger partial charge in [-0.3, -0.25) is 4.79 Å². The predicted molar refractivity (Wildman–Crippen MR) is 102 cm³/mol. The summed E-state index contributed by atoms with van der Waals surface area (Å²) in [5.41, 5.74) is 7.73. The number of hydrogen-bond donors (Lipinski definition) is 1. The Bertz CT molecular complexity index is 832. The highest BCUT2D eigenvalue weighted by Gasteiger charge is 2.29. The summed E-state index contributed by atoms with van der Waals surface area (Å²) in [7, 11) is 1.74. The van der Waals surface area contributed by atoms with Crippen molar-refractivity contribution < 1.29 is 9.53 Å². The third-order valence-corrected chi connectivity index (χ3v) is 5.51. The zero-order valence-corrected chi connectivity index (χ0v) is 15.2. The quantitative estimate of drug-likeness (QED) is 0.611. The van der Waals surface area contributed by atoms with Crippen LogP contribution in [0.25, 0.3) is 5.57 Å². The third-order valence-electron chi connectivity index (χ3n) is 5.32. The molecular weight excluding hydrogens is 334 g/mol. The van der Waals surface area contributed by atoms with Gasteiger partial charge in [0.05, 0.1) is 7.11 Å². The van der Waals surface area contributed by atoms with Crippen LogP contribution in [-0.2, 0) is 16.0 Å². The minimum Gasteiger partial charge on any atom is -0.496 e. The molecule has 1 aromatic carbocycles. The van der Waals surface area contributed by atoms with Crippen molar-refractivity contribution in [2.45, 2.75) is 38.5 Å². The van der Waals surface area contributed by atoms with E-state index in [1.54, 1.807) is 7.11 Å². The standard InChI is InChI=1S/C21H22ClNO2/c1-25-20-15(11-14-4-2-3-5-16(14)20)12-18-17-10-13(8-9-22)6-7-19(17)23-21(18)24/h6-7,10,12H,2-5,8-9,11H2,1H3,(H,23,24). The fourth-order valence-corrected chi connectivity index (χ4v) is 4.35. The summed E-state index contributed by atoms with van der Waals surface area (Å²) < 4.78 is 5.72. The molecule has 2 aliphatic carbocycles. The second-order valence-electron chi connectivity index (χ2n) is 6.86. The number of anilines is 1. The molecule has 4 rings (SSSR count). The van der Waals surface area contributed by atoms with Crippen LogP contribution in [0.15, 0.2) is 46.8 Å². The summed E-state index contributed by atoms with van der Waals surface area (Å²) >= 11 is 5.87.